The lowest BCUT2D eigenvalue weighted by Crippen LogP contribution is -2.44. The number of hydrogen-bond donors (Lipinski definition) is 0. The van der Waals surface area contributed by atoms with Gasteiger partial charge in [-0.25, -0.2) is 9.67 Å². The van der Waals surface area contributed by atoms with E-state index in [0.717, 1.165) is 17.1 Å². The summed E-state index contributed by atoms with van der Waals surface area (Å²) in [5.74, 6) is 2.49. The first-order valence-electron chi connectivity index (χ1n) is 9.73. The Bertz CT molecular complexity index is 974. The van der Waals surface area contributed by atoms with E-state index in [1.54, 1.807) is 6.07 Å². The summed E-state index contributed by atoms with van der Waals surface area (Å²) in [5.41, 5.74) is 1.33. The third kappa shape index (κ3) is 3.21. The molecule has 0 spiro atoms. The molecule has 1 aliphatic rings. The molecule has 146 valence electrons. The van der Waals surface area contributed by atoms with Crippen LogP contribution in [0.25, 0.3) is 11.4 Å². The van der Waals surface area contributed by atoms with Gasteiger partial charge >= 0.3 is 0 Å². The summed E-state index contributed by atoms with van der Waals surface area (Å²) < 4.78 is 7.26. The monoisotopic (exact) mass is 379 g/mol. The topological polar surface area (TPSA) is 77.1 Å². The molecule has 0 saturated heterocycles. The van der Waals surface area contributed by atoms with E-state index < -0.39 is 0 Å². The summed E-state index contributed by atoms with van der Waals surface area (Å²) in [6.45, 7) is 9.40. The van der Waals surface area contributed by atoms with Crippen molar-refractivity contribution < 1.29 is 9.32 Å². The maximum Gasteiger partial charge on any atom is 0.276 e. The Kier molecular flexibility index (Phi) is 4.75. The molecule has 0 unspecified atom stereocenters. The molecule has 3 aromatic rings. The molecule has 7 heteroatoms. The quantitative estimate of drug-likeness (QED) is 0.687. The number of carbonyl (C=O) groups excluding carboxylic acids is 1. The van der Waals surface area contributed by atoms with E-state index in [4.69, 9.17) is 9.51 Å². The molecule has 3 heterocycles. The highest BCUT2D eigenvalue weighted by Gasteiger charge is 2.37. The summed E-state index contributed by atoms with van der Waals surface area (Å²) in [6.07, 6.45) is 0. The van der Waals surface area contributed by atoms with Gasteiger partial charge in [0.25, 0.3) is 5.91 Å². The normalized spacial score (nSPS) is 16.6. The number of amides is 1. The molecular weight excluding hydrogens is 354 g/mol. The van der Waals surface area contributed by atoms with Crippen molar-refractivity contribution in [2.45, 2.75) is 46.2 Å². The van der Waals surface area contributed by atoms with Crippen molar-refractivity contribution in [1.82, 2.24) is 24.8 Å². The first-order chi connectivity index (χ1) is 13.5. The highest BCUT2D eigenvalue weighted by molar-refractivity contribution is 5.92. The van der Waals surface area contributed by atoms with Gasteiger partial charge in [-0.1, -0.05) is 63.2 Å². The fourth-order valence-electron chi connectivity index (χ4n) is 3.62. The molecule has 0 aliphatic carbocycles. The van der Waals surface area contributed by atoms with E-state index in [-0.39, 0.29) is 23.8 Å². The minimum absolute atomic E-state index is 0.120. The van der Waals surface area contributed by atoms with Crippen LogP contribution in [-0.2, 0) is 6.54 Å². The Morgan fingerprint density at radius 3 is 2.54 bits per heavy atom. The first-order valence-corrected chi connectivity index (χ1v) is 9.73. The van der Waals surface area contributed by atoms with Crippen LogP contribution in [0.4, 0.5) is 0 Å². The number of hydrogen-bond acceptors (Lipinski definition) is 5. The van der Waals surface area contributed by atoms with Crippen LogP contribution in [0, 0.1) is 5.92 Å². The third-order valence-electron chi connectivity index (χ3n) is 5.09. The van der Waals surface area contributed by atoms with E-state index in [0.29, 0.717) is 24.6 Å². The van der Waals surface area contributed by atoms with Crippen LogP contribution >= 0.6 is 0 Å². The Labute approximate surface area is 164 Å². The number of benzene rings is 1. The van der Waals surface area contributed by atoms with Gasteiger partial charge in [0, 0.05) is 24.1 Å². The summed E-state index contributed by atoms with van der Waals surface area (Å²) in [6, 6.07) is 11.5. The van der Waals surface area contributed by atoms with E-state index in [1.807, 2.05) is 53.8 Å². The molecule has 0 fully saturated rings. The number of aromatic nitrogens is 4. The Hall–Kier alpha value is -2.96. The average molecular weight is 379 g/mol. The fraction of sp³-hybridized carbons (Fsp3) is 0.429. The van der Waals surface area contributed by atoms with Gasteiger partial charge in [-0.05, 0) is 5.92 Å². The van der Waals surface area contributed by atoms with Gasteiger partial charge in [0.1, 0.15) is 5.76 Å². The predicted octanol–water partition coefficient (Wildman–Crippen LogP) is 3.91. The van der Waals surface area contributed by atoms with Crippen LogP contribution in [0.1, 0.15) is 61.7 Å². The van der Waals surface area contributed by atoms with Crippen molar-refractivity contribution in [3.05, 3.63) is 53.7 Å². The summed E-state index contributed by atoms with van der Waals surface area (Å²) in [5, 5.41) is 8.69. The van der Waals surface area contributed by atoms with E-state index in [1.165, 1.54) is 0 Å². The van der Waals surface area contributed by atoms with Crippen molar-refractivity contribution in [2.75, 3.05) is 6.54 Å². The number of carbonyl (C=O) groups is 1. The van der Waals surface area contributed by atoms with Gasteiger partial charge < -0.3 is 9.42 Å². The van der Waals surface area contributed by atoms with E-state index in [2.05, 4.69) is 24.1 Å². The molecule has 0 saturated carbocycles. The van der Waals surface area contributed by atoms with Gasteiger partial charge in [-0.3, -0.25) is 4.79 Å². The van der Waals surface area contributed by atoms with Gasteiger partial charge in [0.2, 0.25) is 0 Å². The van der Waals surface area contributed by atoms with Crippen LogP contribution < -0.4 is 0 Å². The molecule has 28 heavy (non-hydrogen) atoms. The molecule has 7 nitrogen and oxygen atoms in total. The summed E-state index contributed by atoms with van der Waals surface area (Å²) >= 11 is 0. The van der Waals surface area contributed by atoms with Crippen molar-refractivity contribution in [1.29, 1.82) is 0 Å². The number of nitrogens with zero attached hydrogens (tertiary/aromatic N) is 5. The molecule has 1 amide bonds. The van der Waals surface area contributed by atoms with Crippen molar-refractivity contribution >= 4 is 5.91 Å². The maximum absolute atomic E-state index is 13.2. The molecule has 0 N–H and O–H groups in total. The largest absolute Gasteiger partial charge is 0.360 e. The van der Waals surface area contributed by atoms with E-state index in [9.17, 15) is 4.79 Å². The van der Waals surface area contributed by atoms with Crippen LogP contribution in [0.5, 0.6) is 0 Å². The highest BCUT2D eigenvalue weighted by Crippen LogP contribution is 2.33. The zero-order valence-electron chi connectivity index (χ0n) is 16.7. The molecule has 4 rings (SSSR count). The van der Waals surface area contributed by atoms with Gasteiger partial charge in [0.15, 0.2) is 17.3 Å². The molecule has 0 radical (unpaired) electrons. The predicted molar refractivity (Wildman–Crippen MR) is 105 cm³/mol. The molecule has 1 atom stereocenters. The minimum Gasteiger partial charge on any atom is -0.360 e. The smallest absolute Gasteiger partial charge is 0.276 e. The number of rotatable bonds is 4. The van der Waals surface area contributed by atoms with Crippen LogP contribution in [0.2, 0.25) is 0 Å². The first kappa shape index (κ1) is 18.4. The lowest BCUT2D eigenvalue weighted by atomic mass is 9.99. The molecule has 1 aliphatic heterocycles. The molecular formula is C21H25N5O2. The van der Waals surface area contributed by atoms with Crippen LogP contribution in [0.3, 0.4) is 0 Å². The summed E-state index contributed by atoms with van der Waals surface area (Å²) in [4.78, 5) is 19.8. The molecule has 2 aromatic heterocycles. The number of fused-ring (bicyclic) bond motifs is 1. The second kappa shape index (κ2) is 7.22. The van der Waals surface area contributed by atoms with Crippen LogP contribution in [0.15, 0.2) is 40.9 Å². The summed E-state index contributed by atoms with van der Waals surface area (Å²) in [7, 11) is 0. The standard InChI is InChI=1S/C21H25N5O2/c1-13(2)17-12-16(24-28-17)21(27)25-10-11-26-20(18(25)14(3)4)22-19(23-26)15-8-6-5-7-9-15/h5-9,12-14,18H,10-11H2,1-4H3/t18-/m0/s1. The molecule has 0 bridgehead atoms. The lowest BCUT2D eigenvalue weighted by Gasteiger charge is -2.36. The van der Waals surface area contributed by atoms with Crippen molar-refractivity contribution in [3.63, 3.8) is 0 Å². The lowest BCUT2D eigenvalue weighted by molar-refractivity contribution is 0.0526. The molecule has 1 aromatic carbocycles. The maximum atomic E-state index is 13.2. The highest BCUT2D eigenvalue weighted by atomic mass is 16.5. The second-order valence-corrected chi connectivity index (χ2v) is 7.84. The van der Waals surface area contributed by atoms with Crippen molar-refractivity contribution in [3.8, 4) is 11.4 Å². The van der Waals surface area contributed by atoms with Gasteiger partial charge in [0.05, 0.1) is 12.6 Å². The average Bonchev–Trinajstić information content (AvgIpc) is 3.34. The van der Waals surface area contributed by atoms with Crippen molar-refractivity contribution in [2.24, 2.45) is 5.92 Å². The fourth-order valence-corrected chi connectivity index (χ4v) is 3.62. The Balaban J connectivity index is 1.68. The SMILES string of the molecule is CC(C)c1cc(C(=O)N2CCn3nc(-c4ccccc4)nc3[C@@H]2C(C)C)no1. The van der Waals surface area contributed by atoms with E-state index >= 15 is 0 Å². The third-order valence-corrected chi connectivity index (χ3v) is 5.09. The zero-order chi connectivity index (χ0) is 19.8. The minimum atomic E-state index is -0.162. The van der Waals surface area contributed by atoms with Gasteiger partial charge in [-0.2, -0.15) is 5.10 Å². The second-order valence-electron chi connectivity index (χ2n) is 7.84. The Morgan fingerprint density at radius 1 is 1.14 bits per heavy atom. The van der Waals surface area contributed by atoms with Gasteiger partial charge in [-0.15, -0.1) is 0 Å². The van der Waals surface area contributed by atoms with Crippen LogP contribution in [-0.4, -0.2) is 37.3 Å². The Morgan fingerprint density at radius 2 is 1.89 bits per heavy atom. The zero-order valence-corrected chi connectivity index (χ0v) is 16.7.